The van der Waals surface area contributed by atoms with E-state index in [2.05, 4.69) is 31.2 Å². The topological polar surface area (TPSA) is 111 Å². The minimum atomic E-state index is -0.400. The second-order valence-corrected chi connectivity index (χ2v) is 7.54. The van der Waals surface area contributed by atoms with E-state index >= 15 is 0 Å². The molecule has 11 heteroatoms. The number of hydrogen-bond acceptors (Lipinski definition) is 9. The van der Waals surface area contributed by atoms with Crippen LogP contribution in [-0.2, 0) is 6.54 Å². The number of ether oxygens (including phenoxy) is 2. The Labute approximate surface area is 183 Å². The van der Waals surface area contributed by atoms with Crippen molar-refractivity contribution < 1.29 is 14.4 Å². The lowest BCUT2D eigenvalue weighted by Crippen LogP contribution is -2.46. The molecule has 2 aliphatic rings. The van der Waals surface area contributed by atoms with Crippen LogP contribution in [0.15, 0.2) is 54.2 Å². The van der Waals surface area contributed by atoms with E-state index < -0.39 is 4.92 Å². The Bertz CT molecular complexity index is 1140. The lowest BCUT2D eigenvalue weighted by molar-refractivity contribution is -0.384. The normalized spacial score (nSPS) is 16.1. The fourth-order valence-electron chi connectivity index (χ4n) is 3.88. The molecule has 0 amide bonds. The number of non-ortho nitro benzene ring substituents is 1. The molecule has 0 radical (unpaired) electrons. The zero-order chi connectivity index (χ0) is 21.9. The minimum absolute atomic E-state index is 0.0281. The quantitative estimate of drug-likeness (QED) is 0.329. The summed E-state index contributed by atoms with van der Waals surface area (Å²) < 4.78 is 12.3. The highest BCUT2D eigenvalue weighted by atomic mass is 16.7. The molecule has 0 aliphatic carbocycles. The number of benzene rings is 2. The van der Waals surface area contributed by atoms with Crippen molar-refractivity contribution in [1.82, 2.24) is 19.8 Å². The first kappa shape index (κ1) is 19.9. The molecule has 164 valence electrons. The van der Waals surface area contributed by atoms with Gasteiger partial charge in [-0.15, -0.1) is 10.2 Å². The molecule has 5 rings (SSSR count). The first-order valence-electron chi connectivity index (χ1n) is 10.2. The molecule has 2 aliphatic heterocycles. The van der Waals surface area contributed by atoms with Gasteiger partial charge in [-0.05, 0) is 23.8 Å². The molecule has 0 spiro atoms. The van der Waals surface area contributed by atoms with Crippen LogP contribution in [0, 0.1) is 10.1 Å². The SMILES string of the molecule is O=[N+]([O-])c1ccc(N2CCN(Cc3ccc4c(c3)OCO4)CC2)c(C=Nn2cnnc2)c1. The average Bonchev–Trinajstić information content (AvgIpc) is 3.50. The predicted octanol–water partition coefficient (Wildman–Crippen LogP) is 2.12. The smallest absolute Gasteiger partial charge is 0.270 e. The summed E-state index contributed by atoms with van der Waals surface area (Å²) in [5, 5.41) is 23.0. The maximum absolute atomic E-state index is 11.3. The summed E-state index contributed by atoms with van der Waals surface area (Å²) >= 11 is 0. The molecule has 0 saturated carbocycles. The summed E-state index contributed by atoms with van der Waals surface area (Å²) in [4.78, 5) is 15.5. The second-order valence-electron chi connectivity index (χ2n) is 7.54. The van der Waals surface area contributed by atoms with Gasteiger partial charge in [-0.3, -0.25) is 15.0 Å². The lowest BCUT2D eigenvalue weighted by atomic mass is 10.1. The molecular formula is C21H21N7O4. The van der Waals surface area contributed by atoms with Crippen LogP contribution >= 0.6 is 0 Å². The summed E-state index contributed by atoms with van der Waals surface area (Å²) in [6.07, 6.45) is 4.52. The van der Waals surface area contributed by atoms with Crippen LogP contribution in [0.2, 0.25) is 0 Å². The summed E-state index contributed by atoms with van der Waals surface area (Å²) in [7, 11) is 0. The molecule has 3 aromatic rings. The number of rotatable bonds is 6. The van der Waals surface area contributed by atoms with Crippen molar-refractivity contribution in [3.05, 3.63) is 70.3 Å². The van der Waals surface area contributed by atoms with Crippen molar-refractivity contribution in [2.75, 3.05) is 37.9 Å². The van der Waals surface area contributed by atoms with Crippen LogP contribution in [0.25, 0.3) is 0 Å². The number of anilines is 1. The van der Waals surface area contributed by atoms with Gasteiger partial charge in [0.15, 0.2) is 11.5 Å². The third kappa shape index (κ3) is 4.23. The predicted molar refractivity (Wildman–Crippen MR) is 116 cm³/mol. The van der Waals surface area contributed by atoms with Crippen molar-refractivity contribution in [3.8, 4) is 11.5 Å². The standard InChI is InChI=1S/C21H21N7O4/c29-28(30)18-2-3-19(17(10-18)11-24-27-13-22-23-14-27)26-7-5-25(6-8-26)12-16-1-4-20-21(9-16)32-15-31-20/h1-4,9-11,13-14H,5-8,12,15H2. The number of nitro benzene ring substituents is 1. The molecule has 1 aromatic heterocycles. The molecule has 0 atom stereocenters. The Kier molecular flexibility index (Phi) is 5.38. The average molecular weight is 435 g/mol. The van der Waals surface area contributed by atoms with E-state index in [1.165, 1.54) is 29.0 Å². The first-order valence-corrected chi connectivity index (χ1v) is 10.2. The number of fused-ring (bicyclic) bond motifs is 1. The second kappa shape index (κ2) is 8.63. The summed E-state index contributed by atoms with van der Waals surface area (Å²) in [5.74, 6) is 1.58. The Morgan fingerprint density at radius 3 is 2.59 bits per heavy atom. The van der Waals surface area contributed by atoms with E-state index in [1.54, 1.807) is 18.3 Å². The first-order chi connectivity index (χ1) is 15.7. The highest BCUT2D eigenvalue weighted by Crippen LogP contribution is 2.33. The molecule has 0 N–H and O–H groups in total. The number of aromatic nitrogens is 3. The molecule has 11 nitrogen and oxygen atoms in total. The Morgan fingerprint density at radius 1 is 1.03 bits per heavy atom. The van der Waals surface area contributed by atoms with Gasteiger partial charge in [-0.25, -0.2) is 4.68 Å². The van der Waals surface area contributed by atoms with Crippen LogP contribution in [-0.4, -0.2) is 63.9 Å². The third-order valence-corrected chi connectivity index (χ3v) is 5.51. The van der Waals surface area contributed by atoms with Crippen molar-refractivity contribution in [2.24, 2.45) is 5.10 Å². The van der Waals surface area contributed by atoms with Crippen LogP contribution in [0.5, 0.6) is 11.5 Å². The van der Waals surface area contributed by atoms with Crippen molar-refractivity contribution in [2.45, 2.75) is 6.54 Å². The molecule has 0 unspecified atom stereocenters. The van der Waals surface area contributed by atoms with Crippen LogP contribution < -0.4 is 14.4 Å². The molecule has 1 saturated heterocycles. The fraction of sp³-hybridized carbons (Fsp3) is 0.286. The summed E-state index contributed by atoms with van der Waals surface area (Å²) in [6.45, 7) is 4.44. The molecule has 0 bridgehead atoms. The third-order valence-electron chi connectivity index (χ3n) is 5.51. The van der Waals surface area contributed by atoms with E-state index in [-0.39, 0.29) is 12.5 Å². The Hall–Kier alpha value is -3.99. The number of nitro groups is 1. The van der Waals surface area contributed by atoms with Gasteiger partial charge >= 0.3 is 0 Å². The Balaban J connectivity index is 1.28. The highest BCUT2D eigenvalue weighted by Gasteiger charge is 2.21. The molecular weight excluding hydrogens is 414 g/mol. The van der Waals surface area contributed by atoms with Gasteiger partial charge in [0.2, 0.25) is 6.79 Å². The summed E-state index contributed by atoms with van der Waals surface area (Å²) in [6, 6.07) is 10.9. The lowest BCUT2D eigenvalue weighted by Gasteiger charge is -2.36. The molecule has 3 heterocycles. The zero-order valence-electron chi connectivity index (χ0n) is 17.2. The van der Waals surface area contributed by atoms with Crippen LogP contribution in [0.1, 0.15) is 11.1 Å². The number of nitrogens with zero attached hydrogens (tertiary/aromatic N) is 7. The highest BCUT2D eigenvalue weighted by molar-refractivity contribution is 5.89. The van der Waals surface area contributed by atoms with Crippen molar-refractivity contribution >= 4 is 17.6 Å². The fourth-order valence-corrected chi connectivity index (χ4v) is 3.88. The van der Waals surface area contributed by atoms with Gasteiger partial charge in [0.25, 0.3) is 5.69 Å². The number of hydrogen-bond donors (Lipinski definition) is 0. The van der Waals surface area contributed by atoms with Gasteiger partial charge < -0.3 is 14.4 Å². The summed E-state index contributed by atoms with van der Waals surface area (Å²) in [5.41, 5.74) is 2.80. The van der Waals surface area contributed by atoms with Gasteiger partial charge in [0.05, 0.1) is 11.1 Å². The van der Waals surface area contributed by atoms with Gasteiger partial charge in [0, 0.05) is 56.1 Å². The minimum Gasteiger partial charge on any atom is -0.454 e. The Morgan fingerprint density at radius 2 is 1.81 bits per heavy atom. The maximum atomic E-state index is 11.3. The van der Waals surface area contributed by atoms with Gasteiger partial charge in [-0.2, -0.15) is 5.10 Å². The molecule has 32 heavy (non-hydrogen) atoms. The van der Waals surface area contributed by atoms with Gasteiger partial charge in [-0.1, -0.05) is 6.07 Å². The van der Waals surface area contributed by atoms with Crippen molar-refractivity contribution in [1.29, 1.82) is 0 Å². The van der Waals surface area contributed by atoms with Crippen LogP contribution in [0.3, 0.4) is 0 Å². The van der Waals surface area contributed by atoms with Crippen molar-refractivity contribution in [3.63, 3.8) is 0 Å². The molecule has 2 aromatic carbocycles. The van der Waals surface area contributed by atoms with E-state index in [4.69, 9.17) is 9.47 Å². The molecule has 1 fully saturated rings. The van der Waals surface area contributed by atoms with Gasteiger partial charge in [0.1, 0.15) is 12.7 Å². The zero-order valence-corrected chi connectivity index (χ0v) is 17.2. The van der Waals surface area contributed by atoms with E-state index in [1.807, 2.05) is 12.1 Å². The monoisotopic (exact) mass is 435 g/mol. The van der Waals surface area contributed by atoms with Crippen LogP contribution in [0.4, 0.5) is 11.4 Å². The maximum Gasteiger partial charge on any atom is 0.270 e. The number of piperazine rings is 1. The van der Waals surface area contributed by atoms with E-state index in [0.717, 1.165) is 49.9 Å². The van der Waals surface area contributed by atoms with E-state index in [0.29, 0.717) is 5.56 Å². The van der Waals surface area contributed by atoms with E-state index in [9.17, 15) is 10.1 Å². The largest absolute Gasteiger partial charge is 0.454 e.